The number of nitrogens with one attached hydrogen (secondary N) is 1. The first kappa shape index (κ1) is 10.7. The predicted octanol–water partition coefficient (Wildman–Crippen LogP) is 1.62. The molecule has 0 aliphatic carbocycles. The second kappa shape index (κ2) is 7.06. The third kappa shape index (κ3) is 5.03. The summed E-state index contributed by atoms with van der Waals surface area (Å²) in [5, 5.41) is 5.43. The predicted molar refractivity (Wildman–Crippen MR) is 59.2 cm³/mol. The lowest BCUT2D eigenvalue weighted by Crippen LogP contribution is -2.23. The zero-order chi connectivity index (χ0) is 9.36. The van der Waals surface area contributed by atoms with Crippen molar-refractivity contribution in [3.8, 4) is 0 Å². The molecule has 3 heteroatoms. The molecular weight excluding hydrogens is 180 g/mol. The van der Waals surface area contributed by atoms with E-state index in [2.05, 4.69) is 22.8 Å². The SMILES string of the molecule is NCCNCCCCc1cccs1. The smallest absolute Gasteiger partial charge is 0.00745 e. The fraction of sp³-hybridized carbons (Fsp3) is 0.600. The molecule has 0 saturated carbocycles. The highest BCUT2D eigenvalue weighted by atomic mass is 32.1. The lowest BCUT2D eigenvalue weighted by atomic mass is 10.2. The Balaban J connectivity index is 1.90. The monoisotopic (exact) mass is 198 g/mol. The van der Waals surface area contributed by atoms with Crippen LogP contribution in [0.3, 0.4) is 0 Å². The molecule has 0 atom stereocenters. The van der Waals surface area contributed by atoms with E-state index in [9.17, 15) is 0 Å². The highest BCUT2D eigenvalue weighted by Crippen LogP contribution is 2.11. The maximum absolute atomic E-state index is 5.36. The molecule has 0 unspecified atom stereocenters. The Morgan fingerprint density at radius 3 is 2.92 bits per heavy atom. The number of hydrogen-bond acceptors (Lipinski definition) is 3. The largest absolute Gasteiger partial charge is 0.329 e. The molecule has 1 aromatic rings. The minimum Gasteiger partial charge on any atom is -0.329 e. The first-order valence-electron chi connectivity index (χ1n) is 4.86. The van der Waals surface area contributed by atoms with Crippen LogP contribution in [-0.2, 0) is 6.42 Å². The topological polar surface area (TPSA) is 38.0 Å². The van der Waals surface area contributed by atoms with E-state index < -0.39 is 0 Å². The molecule has 0 aromatic carbocycles. The lowest BCUT2D eigenvalue weighted by Gasteiger charge is -2.01. The van der Waals surface area contributed by atoms with E-state index in [-0.39, 0.29) is 0 Å². The molecule has 13 heavy (non-hydrogen) atoms. The van der Waals surface area contributed by atoms with Gasteiger partial charge in [-0.3, -0.25) is 0 Å². The Morgan fingerprint density at radius 2 is 2.23 bits per heavy atom. The molecule has 0 spiro atoms. The highest BCUT2D eigenvalue weighted by Gasteiger charge is 1.93. The number of rotatable bonds is 7. The Bertz CT molecular complexity index is 197. The molecule has 0 aliphatic heterocycles. The van der Waals surface area contributed by atoms with Gasteiger partial charge in [-0.2, -0.15) is 0 Å². The first-order valence-corrected chi connectivity index (χ1v) is 5.74. The van der Waals surface area contributed by atoms with Gasteiger partial charge in [-0.1, -0.05) is 6.07 Å². The maximum atomic E-state index is 5.36. The van der Waals surface area contributed by atoms with Gasteiger partial charge in [0.15, 0.2) is 0 Å². The molecule has 0 saturated heterocycles. The van der Waals surface area contributed by atoms with E-state index in [1.165, 1.54) is 24.1 Å². The fourth-order valence-corrected chi connectivity index (χ4v) is 1.98. The van der Waals surface area contributed by atoms with Gasteiger partial charge < -0.3 is 11.1 Å². The summed E-state index contributed by atoms with van der Waals surface area (Å²) >= 11 is 1.85. The summed E-state index contributed by atoms with van der Waals surface area (Å²) in [6, 6.07) is 4.32. The summed E-state index contributed by atoms with van der Waals surface area (Å²) in [6.45, 7) is 2.78. The van der Waals surface area contributed by atoms with Crippen LogP contribution in [-0.4, -0.2) is 19.6 Å². The average Bonchev–Trinajstić information content (AvgIpc) is 2.63. The van der Waals surface area contributed by atoms with Gasteiger partial charge in [-0.15, -0.1) is 11.3 Å². The molecule has 1 heterocycles. The van der Waals surface area contributed by atoms with Gasteiger partial charge in [0.05, 0.1) is 0 Å². The summed E-state index contributed by atoms with van der Waals surface area (Å²) in [4.78, 5) is 1.50. The average molecular weight is 198 g/mol. The number of hydrogen-bond donors (Lipinski definition) is 2. The number of aryl methyl sites for hydroxylation is 1. The molecule has 0 fully saturated rings. The van der Waals surface area contributed by atoms with Crippen LogP contribution < -0.4 is 11.1 Å². The van der Waals surface area contributed by atoms with Gasteiger partial charge >= 0.3 is 0 Å². The summed E-state index contributed by atoms with van der Waals surface area (Å²) < 4.78 is 0. The van der Waals surface area contributed by atoms with Crippen molar-refractivity contribution in [2.75, 3.05) is 19.6 Å². The standard InChI is InChI=1S/C10H18N2S/c11-6-8-12-7-2-1-4-10-5-3-9-13-10/h3,5,9,12H,1-2,4,6-8,11H2. The van der Waals surface area contributed by atoms with Crippen LogP contribution >= 0.6 is 11.3 Å². The fourth-order valence-electron chi connectivity index (χ4n) is 1.23. The van der Waals surface area contributed by atoms with E-state index in [1.54, 1.807) is 0 Å². The molecule has 1 aromatic heterocycles. The van der Waals surface area contributed by atoms with Gasteiger partial charge in [0.25, 0.3) is 0 Å². The quantitative estimate of drug-likeness (QED) is 0.653. The van der Waals surface area contributed by atoms with Crippen LogP contribution in [0, 0.1) is 0 Å². The molecule has 3 N–H and O–H groups in total. The summed E-state index contributed by atoms with van der Waals surface area (Å²) in [5.41, 5.74) is 5.36. The molecular formula is C10H18N2S. The third-order valence-electron chi connectivity index (χ3n) is 1.93. The second-order valence-corrected chi connectivity index (χ2v) is 4.11. The molecule has 0 amide bonds. The van der Waals surface area contributed by atoms with Gasteiger partial charge in [0, 0.05) is 18.0 Å². The van der Waals surface area contributed by atoms with Crippen molar-refractivity contribution in [3.05, 3.63) is 22.4 Å². The van der Waals surface area contributed by atoms with Crippen molar-refractivity contribution in [2.24, 2.45) is 5.73 Å². The van der Waals surface area contributed by atoms with E-state index >= 15 is 0 Å². The van der Waals surface area contributed by atoms with Gasteiger partial charge in [-0.25, -0.2) is 0 Å². The summed E-state index contributed by atoms with van der Waals surface area (Å²) in [7, 11) is 0. The molecule has 2 nitrogen and oxygen atoms in total. The van der Waals surface area contributed by atoms with Crippen molar-refractivity contribution in [2.45, 2.75) is 19.3 Å². The van der Waals surface area contributed by atoms with Gasteiger partial charge in [0.1, 0.15) is 0 Å². The van der Waals surface area contributed by atoms with E-state index in [4.69, 9.17) is 5.73 Å². The van der Waals surface area contributed by atoms with Crippen molar-refractivity contribution in [1.29, 1.82) is 0 Å². The Morgan fingerprint density at radius 1 is 1.31 bits per heavy atom. The van der Waals surface area contributed by atoms with Gasteiger partial charge in [-0.05, 0) is 37.3 Å². The number of thiophene rings is 1. The second-order valence-electron chi connectivity index (χ2n) is 3.08. The zero-order valence-electron chi connectivity index (χ0n) is 7.96. The first-order chi connectivity index (χ1) is 6.43. The highest BCUT2D eigenvalue weighted by molar-refractivity contribution is 7.09. The van der Waals surface area contributed by atoms with Crippen LogP contribution in [0.4, 0.5) is 0 Å². The van der Waals surface area contributed by atoms with E-state index in [0.717, 1.165) is 19.6 Å². The zero-order valence-corrected chi connectivity index (χ0v) is 8.78. The van der Waals surface area contributed by atoms with Crippen LogP contribution in [0.5, 0.6) is 0 Å². The van der Waals surface area contributed by atoms with Crippen molar-refractivity contribution >= 4 is 11.3 Å². The number of nitrogens with two attached hydrogens (primary N) is 1. The third-order valence-corrected chi connectivity index (χ3v) is 2.86. The normalized spacial score (nSPS) is 10.5. The lowest BCUT2D eigenvalue weighted by molar-refractivity contribution is 0.629. The van der Waals surface area contributed by atoms with E-state index in [0.29, 0.717) is 0 Å². The Kier molecular flexibility index (Phi) is 5.81. The molecule has 0 radical (unpaired) electrons. The molecule has 74 valence electrons. The van der Waals surface area contributed by atoms with Gasteiger partial charge in [0.2, 0.25) is 0 Å². The number of unbranched alkanes of at least 4 members (excludes halogenated alkanes) is 1. The molecule has 0 aliphatic rings. The minimum absolute atomic E-state index is 0.741. The van der Waals surface area contributed by atoms with Crippen molar-refractivity contribution in [3.63, 3.8) is 0 Å². The van der Waals surface area contributed by atoms with Crippen molar-refractivity contribution in [1.82, 2.24) is 5.32 Å². The Hall–Kier alpha value is -0.380. The van der Waals surface area contributed by atoms with Crippen molar-refractivity contribution < 1.29 is 0 Å². The maximum Gasteiger partial charge on any atom is 0.00745 e. The van der Waals surface area contributed by atoms with Crippen LogP contribution in [0.2, 0.25) is 0 Å². The molecule has 1 rings (SSSR count). The molecule has 0 bridgehead atoms. The van der Waals surface area contributed by atoms with E-state index in [1.807, 2.05) is 11.3 Å². The van der Waals surface area contributed by atoms with Crippen LogP contribution in [0.25, 0.3) is 0 Å². The van der Waals surface area contributed by atoms with Crippen LogP contribution in [0.15, 0.2) is 17.5 Å². The summed E-state index contributed by atoms with van der Waals surface area (Å²) in [6.07, 6.45) is 3.75. The van der Waals surface area contributed by atoms with Crippen LogP contribution in [0.1, 0.15) is 17.7 Å². The Labute approximate surface area is 84.2 Å². The summed E-state index contributed by atoms with van der Waals surface area (Å²) in [5.74, 6) is 0. The minimum atomic E-state index is 0.741.